The molecule has 6 nitrogen and oxygen atoms in total. The second-order valence-electron chi connectivity index (χ2n) is 5.66. The van der Waals surface area contributed by atoms with Crippen LogP contribution in [0.4, 0.5) is 5.95 Å². The van der Waals surface area contributed by atoms with Crippen LogP contribution in [0.3, 0.4) is 0 Å². The van der Waals surface area contributed by atoms with Crippen LogP contribution >= 0.6 is 0 Å². The van der Waals surface area contributed by atoms with Crippen LogP contribution < -0.4 is 10.0 Å². The highest BCUT2D eigenvalue weighted by Gasteiger charge is 2.33. The zero-order valence-electron chi connectivity index (χ0n) is 12.7. The Hall–Kier alpha value is -1.21. The maximum absolute atomic E-state index is 12.3. The first kappa shape index (κ1) is 16.2. The van der Waals surface area contributed by atoms with Gasteiger partial charge in [0.25, 0.3) is 0 Å². The molecule has 21 heavy (non-hydrogen) atoms. The van der Waals surface area contributed by atoms with Gasteiger partial charge in [0.15, 0.2) is 0 Å². The van der Waals surface area contributed by atoms with E-state index in [0.717, 1.165) is 19.3 Å². The Bertz CT molecular complexity index is 551. The van der Waals surface area contributed by atoms with Gasteiger partial charge in [-0.05, 0) is 31.6 Å². The van der Waals surface area contributed by atoms with Gasteiger partial charge < -0.3 is 5.32 Å². The molecule has 0 spiro atoms. The third-order valence-corrected chi connectivity index (χ3v) is 5.68. The minimum absolute atomic E-state index is 0.119. The minimum atomic E-state index is -3.53. The molecule has 1 aliphatic carbocycles. The highest BCUT2D eigenvalue weighted by Crippen LogP contribution is 2.40. The normalized spacial score (nSPS) is 17.8. The topological polar surface area (TPSA) is 84.0 Å². The van der Waals surface area contributed by atoms with Gasteiger partial charge in [0.2, 0.25) is 16.0 Å². The van der Waals surface area contributed by atoms with Crippen LogP contribution in [-0.2, 0) is 10.0 Å². The Balaban J connectivity index is 2.04. The lowest BCUT2D eigenvalue weighted by Crippen LogP contribution is -2.35. The highest BCUT2D eigenvalue weighted by atomic mass is 32.2. The molecule has 1 fully saturated rings. The number of nitrogens with one attached hydrogen (secondary N) is 2. The molecule has 0 aliphatic heterocycles. The fraction of sp³-hybridized carbons (Fsp3) is 0.714. The zero-order valence-corrected chi connectivity index (χ0v) is 13.5. The maximum atomic E-state index is 12.3. The van der Waals surface area contributed by atoms with E-state index in [1.807, 2.05) is 6.92 Å². The predicted molar refractivity (Wildman–Crippen MR) is 82.6 cm³/mol. The van der Waals surface area contributed by atoms with Crippen molar-refractivity contribution in [1.29, 1.82) is 0 Å². The molecule has 1 heterocycles. The number of anilines is 1. The molecule has 2 N–H and O–H groups in total. The van der Waals surface area contributed by atoms with Gasteiger partial charge in [0.1, 0.15) is 4.90 Å². The van der Waals surface area contributed by atoms with E-state index in [0.29, 0.717) is 19.0 Å². The van der Waals surface area contributed by atoms with E-state index in [9.17, 15) is 8.42 Å². The molecule has 118 valence electrons. The van der Waals surface area contributed by atoms with Crippen molar-refractivity contribution in [2.75, 3.05) is 18.4 Å². The minimum Gasteiger partial charge on any atom is -0.355 e. The summed E-state index contributed by atoms with van der Waals surface area (Å²) in [4.78, 5) is 8.14. The second kappa shape index (κ2) is 6.70. The van der Waals surface area contributed by atoms with E-state index in [4.69, 9.17) is 0 Å². The monoisotopic (exact) mass is 312 g/mol. The quantitative estimate of drug-likeness (QED) is 0.806. The molecule has 0 unspecified atom stereocenters. The summed E-state index contributed by atoms with van der Waals surface area (Å²) in [5, 5.41) is 2.94. The zero-order chi connectivity index (χ0) is 15.3. The van der Waals surface area contributed by atoms with E-state index in [-0.39, 0.29) is 10.3 Å². The van der Waals surface area contributed by atoms with Crippen LogP contribution in [0.5, 0.6) is 0 Å². The summed E-state index contributed by atoms with van der Waals surface area (Å²) in [6, 6.07) is 0. The molecule has 2 rings (SSSR count). The van der Waals surface area contributed by atoms with Crippen LogP contribution in [0, 0.1) is 5.41 Å². The van der Waals surface area contributed by atoms with Crippen molar-refractivity contribution in [3.8, 4) is 0 Å². The molecule has 0 amide bonds. The van der Waals surface area contributed by atoms with Crippen LogP contribution in [-0.4, -0.2) is 31.5 Å². The first-order chi connectivity index (χ1) is 10.0. The number of hydrogen-bond donors (Lipinski definition) is 2. The number of nitrogens with zero attached hydrogens (tertiary/aromatic N) is 2. The molecule has 0 atom stereocenters. The van der Waals surface area contributed by atoms with E-state index in [1.165, 1.54) is 25.2 Å². The average Bonchev–Trinajstić information content (AvgIpc) is 2.96. The Kier molecular flexibility index (Phi) is 5.16. The molecule has 1 aromatic rings. The molecule has 1 saturated carbocycles. The average molecular weight is 312 g/mol. The van der Waals surface area contributed by atoms with E-state index in [2.05, 4.69) is 26.9 Å². The van der Waals surface area contributed by atoms with Crippen LogP contribution in [0.15, 0.2) is 17.3 Å². The van der Waals surface area contributed by atoms with Gasteiger partial charge in [-0.15, -0.1) is 0 Å². The van der Waals surface area contributed by atoms with Gasteiger partial charge in [-0.2, -0.15) is 0 Å². The van der Waals surface area contributed by atoms with Crippen LogP contribution in [0.2, 0.25) is 0 Å². The standard InChI is InChI=1S/C14H24N4O2S/c1-3-14(7-5-6-8-14)11-18-21(19,20)12-9-16-13(15-4-2)17-10-12/h9-10,18H,3-8,11H2,1-2H3,(H,15,16,17). The van der Waals surface area contributed by atoms with Gasteiger partial charge in [0, 0.05) is 13.1 Å². The molecule has 0 saturated heterocycles. The van der Waals surface area contributed by atoms with Crippen molar-refractivity contribution in [1.82, 2.24) is 14.7 Å². The summed E-state index contributed by atoms with van der Waals surface area (Å²) in [7, 11) is -3.53. The summed E-state index contributed by atoms with van der Waals surface area (Å²) >= 11 is 0. The van der Waals surface area contributed by atoms with Gasteiger partial charge in [0.05, 0.1) is 12.4 Å². The number of aromatic nitrogens is 2. The summed E-state index contributed by atoms with van der Waals surface area (Å²) in [5.74, 6) is 0.442. The van der Waals surface area contributed by atoms with E-state index in [1.54, 1.807) is 0 Å². The number of sulfonamides is 1. The molecular weight excluding hydrogens is 288 g/mol. The molecule has 0 bridgehead atoms. The summed E-state index contributed by atoms with van der Waals surface area (Å²) in [5.41, 5.74) is 0.123. The van der Waals surface area contributed by atoms with Crippen molar-refractivity contribution < 1.29 is 8.42 Å². The maximum Gasteiger partial charge on any atom is 0.243 e. The lowest BCUT2D eigenvalue weighted by atomic mass is 9.84. The fourth-order valence-electron chi connectivity index (χ4n) is 2.82. The Labute approximate surface area is 126 Å². The lowest BCUT2D eigenvalue weighted by Gasteiger charge is -2.27. The number of rotatable bonds is 7. The predicted octanol–water partition coefficient (Wildman–Crippen LogP) is 2.16. The van der Waals surface area contributed by atoms with Gasteiger partial charge in [-0.1, -0.05) is 19.8 Å². The van der Waals surface area contributed by atoms with Crippen molar-refractivity contribution >= 4 is 16.0 Å². The van der Waals surface area contributed by atoms with Crippen LogP contribution in [0.25, 0.3) is 0 Å². The van der Waals surface area contributed by atoms with Crippen molar-refractivity contribution in [2.24, 2.45) is 5.41 Å². The Morgan fingerprint density at radius 3 is 2.33 bits per heavy atom. The Morgan fingerprint density at radius 2 is 1.81 bits per heavy atom. The molecule has 1 aromatic heterocycles. The third kappa shape index (κ3) is 3.91. The van der Waals surface area contributed by atoms with Gasteiger partial charge in [-0.25, -0.2) is 23.1 Å². The van der Waals surface area contributed by atoms with E-state index >= 15 is 0 Å². The fourth-order valence-corrected chi connectivity index (χ4v) is 3.86. The largest absolute Gasteiger partial charge is 0.355 e. The molecule has 7 heteroatoms. The molecular formula is C14H24N4O2S. The van der Waals surface area contributed by atoms with Crippen molar-refractivity contribution in [2.45, 2.75) is 50.8 Å². The molecule has 0 radical (unpaired) electrons. The highest BCUT2D eigenvalue weighted by molar-refractivity contribution is 7.89. The van der Waals surface area contributed by atoms with Gasteiger partial charge in [-0.3, -0.25) is 0 Å². The van der Waals surface area contributed by atoms with Crippen molar-refractivity contribution in [3.63, 3.8) is 0 Å². The van der Waals surface area contributed by atoms with Crippen LogP contribution in [0.1, 0.15) is 46.0 Å². The van der Waals surface area contributed by atoms with Gasteiger partial charge >= 0.3 is 0 Å². The second-order valence-corrected chi connectivity index (χ2v) is 7.42. The SMILES string of the molecule is CCNc1ncc(S(=O)(=O)NCC2(CC)CCCC2)cn1. The first-order valence-electron chi connectivity index (χ1n) is 7.57. The summed E-state index contributed by atoms with van der Waals surface area (Å²) < 4.78 is 27.3. The molecule has 1 aliphatic rings. The smallest absolute Gasteiger partial charge is 0.243 e. The summed E-state index contributed by atoms with van der Waals surface area (Å²) in [6.07, 6.45) is 8.28. The first-order valence-corrected chi connectivity index (χ1v) is 9.05. The lowest BCUT2D eigenvalue weighted by molar-refractivity contribution is 0.285. The number of hydrogen-bond acceptors (Lipinski definition) is 5. The molecule has 0 aromatic carbocycles. The van der Waals surface area contributed by atoms with E-state index < -0.39 is 10.0 Å². The third-order valence-electron chi connectivity index (χ3n) is 4.32. The van der Waals surface area contributed by atoms with Crippen molar-refractivity contribution in [3.05, 3.63) is 12.4 Å². The Morgan fingerprint density at radius 1 is 1.19 bits per heavy atom. The summed E-state index contributed by atoms with van der Waals surface area (Å²) in [6.45, 7) is 5.26.